The lowest BCUT2D eigenvalue weighted by molar-refractivity contribution is 0.135. The molecule has 1 rings (SSSR count). The molecule has 0 radical (unpaired) electrons. The van der Waals surface area contributed by atoms with E-state index in [2.05, 4.69) is 19.2 Å². The van der Waals surface area contributed by atoms with Gasteiger partial charge < -0.3 is 14.8 Å². The third kappa shape index (κ3) is 6.55. The number of ether oxygens (including phenoxy) is 2. The van der Waals surface area contributed by atoms with E-state index in [1.807, 2.05) is 13.0 Å². The van der Waals surface area contributed by atoms with Crippen molar-refractivity contribution < 1.29 is 13.9 Å². The van der Waals surface area contributed by atoms with E-state index in [4.69, 9.17) is 9.47 Å². The van der Waals surface area contributed by atoms with Crippen molar-refractivity contribution in [3.05, 3.63) is 29.6 Å². The highest BCUT2D eigenvalue weighted by molar-refractivity contribution is 5.29. The fourth-order valence-corrected chi connectivity index (χ4v) is 1.69. The molecule has 0 aliphatic carbocycles. The number of rotatable bonds is 8. The minimum Gasteiger partial charge on any atom is -0.491 e. The van der Waals surface area contributed by atoms with Crippen LogP contribution in [0.4, 0.5) is 4.39 Å². The van der Waals surface area contributed by atoms with Crippen LogP contribution in [0.2, 0.25) is 0 Å². The van der Waals surface area contributed by atoms with E-state index in [0.717, 1.165) is 12.0 Å². The van der Waals surface area contributed by atoms with Crippen LogP contribution in [0.1, 0.15) is 32.8 Å². The summed E-state index contributed by atoms with van der Waals surface area (Å²) in [5.74, 6) is 0.307. The summed E-state index contributed by atoms with van der Waals surface area (Å²) >= 11 is 0. The Kier molecular flexibility index (Phi) is 6.81. The fourth-order valence-electron chi connectivity index (χ4n) is 1.69. The molecule has 0 amide bonds. The summed E-state index contributed by atoms with van der Waals surface area (Å²) in [5, 5.41) is 3.26. The van der Waals surface area contributed by atoms with Gasteiger partial charge in [0.15, 0.2) is 0 Å². The molecule has 1 N–H and O–H groups in total. The van der Waals surface area contributed by atoms with Crippen molar-refractivity contribution in [2.45, 2.75) is 45.9 Å². The quantitative estimate of drug-likeness (QED) is 0.786. The number of hydrogen-bond donors (Lipinski definition) is 1. The first-order chi connectivity index (χ1) is 9.01. The molecule has 3 nitrogen and oxygen atoms in total. The third-order valence-corrected chi connectivity index (χ3v) is 2.71. The molecule has 1 aromatic carbocycles. The summed E-state index contributed by atoms with van der Waals surface area (Å²) in [7, 11) is 1.66. The molecule has 1 unspecified atom stereocenters. The van der Waals surface area contributed by atoms with Crippen LogP contribution in [-0.2, 0) is 11.3 Å². The van der Waals surface area contributed by atoms with Crippen molar-refractivity contribution in [3.8, 4) is 5.75 Å². The van der Waals surface area contributed by atoms with Crippen LogP contribution >= 0.6 is 0 Å². The van der Waals surface area contributed by atoms with Crippen LogP contribution < -0.4 is 10.1 Å². The molecule has 0 saturated heterocycles. The minimum absolute atomic E-state index is 0.00709. The van der Waals surface area contributed by atoms with Gasteiger partial charge >= 0.3 is 0 Å². The fraction of sp³-hybridized carbons (Fsp3) is 0.600. The Hall–Kier alpha value is -1.13. The van der Waals surface area contributed by atoms with E-state index >= 15 is 0 Å². The van der Waals surface area contributed by atoms with Gasteiger partial charge in [0.25, 0.3) is 0 Å². The van der Waals surface area contributed by atoms with Gasteiger partial charge in [0.1, 0.15) is 11.6 Å². The van der Waals surface area contributed by atoms with Gasteiger partial charge in [0.2, 0.25) is 0 Å². The molecule has 0 fully saturated rings. The van der Waals surface area contributed by atoms with Crippen LogP contribution in [0.25, 0.3) is 0 Å². The van der Waals surface area contributed by atoms with E-state index in [-0.39, 0.29) is 11.9 Å². The average molecular weight is 269 g/mol. The van der Waals surface area contributed by atoms with Crippen molar-refractivity contribution in [1.82, 2.24) is 5.32 Å². The third-order valence-electron chi connectivity index (χ3n) is 2.71. The highest BCUT2D eigenvalue weighted by Crippen LogP contribution is 2.18. The number of benzene rings is 1. The Morgan fingerprint density at radius 3 is 2.58 bits per heavy atom. The van der Waals surface area contributed by atoms with Crippen molar-refractivity contribution >= 4 is 0 Å². The number of halogens is 1. The molecule has 1 atom stereocenters. The van der Waals surface area contributed by atoms with Gasteiger partial charge in [0.05, 0.1) is 6.10 Å². The lowest BCUT2D eigenvalue weighted by Crippen LogP contribution is -2.22. The number of hydrogen-bond acceptors (Lipinski definition) is 3. The summed E-state index contributed by atoms with van der Waals surface area (Å²) in [6.45, 7) is 7.35. The molecule has 4 heteroatoms. The Morgan fingerprint density at radius 2 is 1.95 bits per heavy atom. The summed E-state index contributed by atoms with van der Waals surface area (Å²) in [6.07, 6.45) is 0.791. The Bertz CT molecular complexity index is 382. The number of methoxy groups -OCH3 is 1. The molecule has 19 heavy (non-hydrogen) atoms. The standard InChI is InChI=1S/C15H24FNO2/c1-11(2)17-10-13-7-14(16)9-15(8-13)19-12(3)5-6-18-4/h7-9,11-12,17H,5-6,10H2,1-4H3. The first-order valence-corrected chi connectivity index (χ1v) is 6.69. The highest BCUT2D eigenvalue weighted by atomic mass is 19.1. The Labute approximate surface area is 115 Å². The van der Waals surface area contributed by atoms with Gasteiger partial charge in [-0.2, -0.15) is 0 Å². The zero-order chi connectivity index (χ0) is 14.3. The highest BCUT2D eigenvalue weighted by Gasteiger charge is 2.07. The summed E-state index contributed by atoms with van der Waals surface area (Å²) < 4.78 is 24.2. The van der Waals surface area contributed by atoms with Gasteiger partial charge in [-0.15, -0.1) is 0 Å². The molecule has 0 bridgehead atoms. The van der Waals surface area contributed by atoms with Gasteiger partial charge in [-0.25, -0.2) is 4.39 Å². The lowest BCUT2D eigenvalue weighted by atomic mass is 10.2. The minimum atomic E-state index is -0.267. The maximum Gasteiger partial charge on any atom is 0.127 e. The lowest BCUT2D eigenvalue weighted by Gasteiger charge is -2.16. The van der Waals surface area contributed by atoms with Crippen LogP contribution in [0.15, 0.2) is 18.2 Å². The SMILES string of the molecule is COCCC(C)Oc1cc(F)cc(CNC(C)C)c1. The van der Waals surface area contributed by atoms with Crippen LogP contribution in [0.5, 0.6) is 5.75 Å². The number of nitrogens with one attached hydrogen (secondary N) is 1. The predicted octanol–water partition coefficient (Wildman–Crippen LogP) is 3.13. The van der Waals surface area contributed by atoms with Crippen molar-refractivity contribution in [1.29, 1.82) is 0 Å². The second-order valence-electron chi connectivity index (χ2n) is 5.04. The summed E-state index contributed by atoms with van der Waals surface area (Å²) in [4.78, 5) is 0. The maximum absolute atomic E-state index is 13.5. The second-order valence-corrected chi connectivity index (χ2v) is 5.04. The smallest absolute Gasteiger partial charge is 0.127 e. The predicted molar refractivity (Wildman–Crippen MR) is 75.0 cm³/mol. The zero-order valence-corrected chi connectivity index (χ0v) is 12.2. The summed E-state index contributed by atoms with van der Waals surface area (Å²) in [6, 6.07) is 5.19. The molecule has 0 aliphatic rings. The first-order valence-electron chi connectivity index (χ1n) is 6.69. The van der Waals surface area contributed by atoms with Crippen LogP contribution in [0, 0.1) is 5.82 Å². The average Bonchev–Trinajstić information content (AvgIpc) is 2.33. The van der Waals surface area contributed by atoms with E-state index in [0.29, 0.717) is 24.9 Å². The van der Waals surface area contributed by atoms with Crippen molar-refractivity contribution in [2.75, 3.05) is 13.7 Å². The van der Waals surface area contributed by atoms with E-state index in [1.54, 1.807) is 7.11 Å². The first kappa shape index (κ1) is 15.9. The van der Waals surface area contributed by atoms with Gasteiger partial charge in [-0.1, -0.05) is 13.8 Å². The van der Waals surface area contributed by atoms with Crippen LogP contribution in [-0.4, -0.2) is 25.9 Å². The van der Waals surface area contributed by atoms with Gasteiger partial charge in [-0.3, -0.25) is 0 Å². The molecule has 0 heterocycles. The largest absolute Gasteiger partial charge is 0.491 e. The molecule has 1 aromatic rings. The summed E-state index contributed by atoms with van der Waals surface area (Å²) in [5.41, 5.74) is 0.891. The van der Waals surface area contributed by atoms with E-state index < -0.39 is 0 Å². The second kappa shape index (κ2) is 8.12. The molecular weight excluding hydrogens is 245 g/mol. The molecule has 108 valence electrons. The van der Waals surface area contributed by atoms with E-state index in [1.165, 1.54) is 12.1 Å². The zero-order valence-electron chi connectivity index (χ0n) is 12.2. The monoisotopic (exact) mass is 269 g/mol. The molecular formula is C15H24FNO2. The Morgan fingerprint density at radius 1 is 1.21 bits per heavy atom. The van der Waals surface area contributed by atoms with Crippen LogP contribution in [0.3, 0.4) is 0 Å². The van der Waals surface area contributed by atoms with Crippen molar-refractivity contribution in [3.63, 3.8) is 0 Å². The van der Waals surface area contributed by atoms with Gasteiger partial charge in [-0.05, 0) is 24.6 Å². The van der Waals surface area contributed by atoms with E-state index in [9.17, 15) is 4.39 Å². The molecule has 0 aliphatic heterocycles. The Balaban J connectivity index is 2.62. The molecule has 0 aromatic heterocycles. The molecule has 0 spiro atoms. The molecule has 0 saturated carbocycles. The van der Waals surface area contributed by atoms with Crippen molar-refractivity contribution in [2.24, 2.45) is 0 Å². The topological polar surface area (TPSA) is 30.5 Å². The van der Waals surface area contributed by atoms with Gasteiger partial charge in [0, 0.05) is 38.8 Å². The maximum atomic E-state index is 13.5. The normalized spacial score (nSPS) is 12.7.